The summed E-state index contributed by atoms with van der Waals surface area (Å²) < 4.78 is 0. The molecule has 80 valence electrons. The molecule has 0 aliphatic heterocycles. The zero-order valence-electron chi connectivity index (χ0n) is 9.14. The minimum absolute atomic E-state index is 0.158. The van der Waals surface area contributed by atoms with E-state index in [0.29, 0.717) is 0 Å². The first kappa shape index (κ1) is 11.3. The van der Waals surface area contributed by atoms with Crippen LogP contribution in [0.4, 0.5) is 0 Å². The van der Waals surface area contributed by atoms with Crippen LogP contribution >= 0.6 is 0 Å². The Kier molecular flexibility index (Phi) is 4.17. The standard InChI is InChI=1S/C11H21N3/c1-11(2,5-6-12)14-8-4-10-3-7-13-9-10/h3,7,9,13-14H,4-6,8,12H2,1-2H3. The topological polar surface area (TPSA) is 53.8 Å². The Morgan fingerprint density at radius 3 is 2.86 bits per heavy atom. The Balaban J connectivity index is 2.20. The second kappa shape index (κ2) is 5.17. The fourth-order valence-corrected chi connectivity index (χ4v) is 1.51. The maximum Gasteiger partial charge on any atom is 0.0137 e. The smallest absolute Gasteiger partial charge is 0.0137 e. The molecule has 1 aromatic rings. The van der Waals surface area contributed by atoms with Crippen LogP contribution in [0, 0.1) is 0 Å². The first-order valence-corrected chi connectivity index (χ1v) is 5.21. The van der Waals surface area contributed by atoms with E-state index in [1.54, 1.807) is 0 Å². The van der Waals surface area contributed by atoms with Crippen molar-refractivity contribution in [2.45, 2.75) is 32.2 Å². The molecule has 3 nitrogen and oxygen atoms in total. The summed E-state index contributed by atoms with van der Waals surface area (Å²) in [6, 6.07) is 2.11. The van der Waals surface area contributed by atoms with E-state index in [0.717, 1.165) is 25.9 Å². The lowest BCUT2D eigenvalue weighted by Gasteiger charge is -2.25. The molecule has 0 aliphatic carbocycles. The van der Waals surface area contributed by atoms with Gasteiger partial charge in [0, 0.05) is 17.9 Å². The van der Waals surface area contributed by atoms with Crippen LogP contribution in [0.3, 0.4) is 0 Å². The van der Waals surface area contributed by atoms with Crippen LogP contribution in [0.25, 0.3) is 0 Å². The summed E-state index contributed by atoms with van der Waals surface area (Å²) in [6.07, 6.45) is 6.08. The number of nitrogens with one attached hydrogen (secondary N) is 2. The van der Waals surface area contributed by atoms with Gasteiger partial charge < -0.3 is 16.0 Å². The zero-order valence-corrected chi connectivity index (χ0v) is 9.14. The van der Waals surface area contributed by atoms with E-state index in [1.165, 1.54) is 5.56 Å². The van der Waals surface area contributed by atoms with Gasteiger partial charge in [-0.3, -0.25) is 0 Å². The van der Waals surface area contributed by atoms with Gasteiger partial charge in [0.1, 0.15) is 0 Å². The average Bonchev–Trinajstić information content (AvgIpc) is 2.56. The number of aromatic nitrogens is 1. The Morgan fingerprint density at radius 1 is 1.50 bits per heavy atom. The maximum atomic E-state index is 5.54. The van der Waals surface area contributed by atoms with Crippen molar-refractivity contribution in [2.75, 3.05) is 13.1 Å². The molecule has 0 radical (unpaired) electrons. The molecular weight excluding hydrogens is 174 g/mol. The summed E-state index contributed by atoms with van der Waals surface area (Å²) in [5, 5.41) is 3.50. The molecule has 0 unspecified atom stereocenters. The van der Waals surface area contributed by atoms with Gasteiger partial charge in [-0.25, -0.2) is 0 Å². The highest BCUT2D eigenvalue weighted by Gasteiger charge is 2.14. The van der Waals surface area contributed by atoms with E-state index in [2.05, 4.69) is 30.2 Å². The predicted molar refractivity (Wildman–Crippen MR) is 60.2 cm³/mol. The minimum Gasteiger partial charge on any atom is -0.367 e. The third-order valence-electron chi connectivity index (χ3n) is 2.45. The van der Waals surface area contributed by atoms with Crippen molar-refractivity contribution in [3.8, 4) is 0 Å². The van der Waals surface area contributed by atoms with Gasteiger partial charge in [0.2, 0.25) is 0 Å². The first-order chi connectivity index (χ1) is 6.64. The molecule has 4 N–H and O–H groups in total. The summed E-state index contributed by atoms with van der Waals surface area (Å²) in [6.45, 7) is 6.13. The third kappa shape index (κ3) is 3.94. The van der Waals surface area contributed by atoms with Crippen LogP contribution in [0.5, 0.6) is 0 Å². The number of H-pyrrole nitrogens is 1. The molecule has 0 spiro atoms. The summed E-state index contributed by atoms with van der Waals surface area (Å²) in [5.41, 5.74) is 7.04. The summed E-state index contributed by atoms with van der Waals surface area (Å²) in [5.74, 6) is 0. The number of hydrogen-bond acceptors (Lipinski definition) is 2. The lowest BCUT2D eigenvalue weighted by atomic mass is 10.0. The molecule has 3 heteroatoms. The summed E-state index contributed by atoms with van der Waals surface area (Å²) in [4.78, 5) is 3.05. The van der Waals surface area contributed by atoms with Gasteiger partial charge in [-0.05, 0) is 51.4 Å². The molecule has 0 fully saturated rings. The van der Waals surface area contributed by atoms with Crippen LogP contribution < -0.4 is 11.1 Å². The van der Waals surface area contributed by atoms with Crippen LogP contribution in [-0.4, -0.2) is 23.6 Å². The molecular formula is C11H21N3. The average molecular weight is 195 g/mol. The number of nitrogens with two attached hydrogens (primary N) is 1. The fraction of sp³-hybridized carbons (Fsp3) is 0.636. The highest BCUT2D eigenvalue weighted by Crippen LogP contribution is 2.06. The van der Waals surface area contributed by atoms with Gasteiger partial charge in [-0.15, -0.1) is 0 Å². The number of hydrogen-bond donors (Lipinski definition) is 3. The molecule has 0 saturated heterocycles. The van der Waals surface area contributed by atoms with Crippen molar-refractivity contribution < 1.29 is 0 Å². The molecule has 0 atom stereocenters. The highest BCUT2D eigenvalue weighted by molar-refractivity contribution is 5.08. The summed E-state index contributed by atoms with van der Waals surface area (Å²) >= 11 is 0. The van der Waals surface area contributed by atoms with E-state index in [4.69, 9.17) is 5.73 Å². The van der Waals surface area contributed by atoms with Crippen LogP contribution in [0.1, 0.15) is 25.8 Å². The quantitative estimate of drug-likeness (QED) is 0.640. The van der Waals surface area contributed by atoms with Gasteiger partial charge in [-0.2, -0.15) is 0 Å². The maximum absolute atomic E-state index is 5.54. The molecule has 1 heterocycles. The number of rotatable bonds is 6. The van der Waals surface area contributed by atoms with Crippen molar-refractivity contribution in [3.05, 3.63) is 24.0 Å². The van der Waals surface area contributed by atoms with E-state index in [1.807, 2.05) is 12.4 Å². The van der Waals surface area contributed by atoms with Crippen molar-refractivity contribution in [1.29, 1.82) is 0 Å². The molecule has 0 saturated carbocycles. The number of aromatic amines is 1. The predicted octanol–water partition coefficient (Wildman–Crippen LogP) is 1.27. The lowest BCUT2D eigenvalue weighted by Crippen LogP contribution is -2.41. The van der Waals surface area contributed by atoms with Gasteiger partial charge in [-0.1, -0.05) is 0 Å². The van der Waals surface area contributed by atoms with Crippen molar-refractivity contribution in [3.63, 3.8) is 0 Å². The van der Waals surface area contributed by atoms with Crippen LogP contribution in [0.15, 0.2) is 18.5 Å². The van der Waals surface area contributed by atoms with Crippen LogP contribution in [0.2, 0.25) is 0 Å². The van der Waals surface area contributed by atoms with Gasteiger partial charge in [0.15, 0.2) is 0 Å². The molecule has 0 aromatic carbocycles. The van der Waals surface area contributed by atoms with Gasteiger partial charge in [0.05, 0.1) is 0 Å². The minimum atomic E-state index is 0.158. The van der Waals surface area contributed by atoms with Gasteiger partial charge >= 0.3 is 0 Å². The largest absolute Gasteiger partial charge is 0.367 e. The van der Waals surface area contributed by atoms with E-state index >= 15 is 0 Å². The SMILES string of the molecule is CC(C)(CCN)NCCc1cc[nH]c1. The molecule has 0 bridgehead atoms. The molecule has 1 rings (SSSR count). The van der Waals surface area contributed by atoms with Crippen molar-refractivity contribution in [2.24, 2.45) is 5.73 Å². The van der Waals surface area contributed by atoms with E-state index in [9.17, 15) is 0 Å². The van der Waals surface area contributed by atoms with Crippen molar-refractivity contribution in [1.82, 2.24) is 10.3 Å². The molecule has 14 heavy (non-hydrogen) atoms. The van der Waals surface area contributed by atoms with Crippen LogP contribution in [-0.2, 0) is 6.42 Å². The fourth-order valence-electron chi connectivity index (χ4n) is 1.51. The Hall–Kier alpha value is -0.800. The van der Waals surface area contributed by atoms with Crippen molar-refractivity contribution >= 4 is 0 Å². The summed E-state index contributed by atoms with van der Waals surface area (Å²) in [7, 11) is 0. The Labute approximate surface area is 86.1 Å². The normalized spacial score (nSPS) is 11.9. The van der Waals surface area contributed by atoms with E-state index < -0.39 is 0 Å². The molecule has 0 amide bonds. The second-order valence-electron chi connectivity index (χ2n) is 4.32. The second-order valence-corrected chi connectivity index (χ2v) is 4.32. The Bertz CT molecular complexity index is 239. The Morgan fingerprint density at radius 2 is 2.29 bits per heavy atom. The highest BCUT2D eigenvalue weighted by atomic mass is 14.9. The monoisotopic (exact) mass is 195 g/mol. The first-order valence-electron chi connectivity index (χ1n) is 5.21. The lowest BCUT2D eigenvalue weighted by molar-refractivity contribution is 0.370. The van der Waals surface area contributed by atoms with Gasteiger partial charge in [0.25, 0.3) is 0 Å². The molecule has 0 aliphatic rings. The zero-order chi connectivity index (χ0) is 10.4. The van der Waals surface area contributed by atoms with E-state index in [-0.39, 0.29) is 5.54 Å². The third-order valence-corrected chi connectivity index (χ3v) is 2.45. The molecule has 1 aromatic heterocycles.